The number of pyridine rings is 1. The number of aromatic nitrogens is 3. The Labute approximate surface area is 183 Å². The molecule has 1 N–H and O–H groups in total. The Kier molecular flexibility index (Phi) is 5.92. The molecule has 0 unspecified atom stereocenters. The molecule has 1 aliphatic heterocycles. The van der Waals surface area contributed by atoms with Gasteiger partial charge in [0.25, 0.3) is 0 Å². The van der Waals surface area contributed by atoms with Crippen molar-refractivity contribution in [3.05, 3.63) is 64.6 Å². The van der Waals surface area contributed by atoms with Crippen LogP contribution in [0.1, 0.15) is 0 Å². The normalized spacial score (nSPS) is 15.3. The first-order chi connectivity index (χ1) is 14.0. The van der Waals surface area contributed by atoms with Crippen LogP contribution in [0, 0.1) is 3.57 Å². The van der Waals surface area contributed by atoms with Crippen molar-refractivity contribution in [1.29, 1.82) is 0 Å². The van der Waals surface area contributed by atoms with Crippen molar-refractivity contribution in [3.8, 4) is 0 Å². The van der Waals surface area contributed by atoms with E-state index in [-0.39, 0.29) is 0 Å². The average Bonchev–Trinajstić information content (AvgIpc) is 2.75. The van der Waals surface area contributed by atoms with Crippen LogP contribution in [0.2, 0.25) is 0 Å². The Morgan fingerprint density at radius 3 is 2.34 bits per heavy atom. The Hall–Kier alpha value is -2.31. The van der Waals surface area contributed by atoms with Gasteiger partial charge in [-0.15, -0.1) is 0 Å². The summed E-state index contributed by atoms with van der Waals surface area (Å²) in [5.74, 6) is 2.10. The molecule has 1 fully saturated rings. The highest BCUT2D eigenvalue weighted by molar-refractivity contribution is 14.1. The fourth-order valence-electron chi connectivity index (χ4n) is 3.07. The molecule has 3 aromatic rings. The van der Waals surface area contributed by atoms with Gasteiger partial charge in [0, 0.05) is 42.0 Å². The van der Waals surface area contributed by atoms with Crippen LogP contribution in [0.4, 0.5) is 17.5 Å². The molecule has 1 aromatic carbocycles. The van der Waals surface area contributed by atoms with Gasteiger partial charge in [-0.25, -0.2) is 23.4 Å². The maximum absolute atomic E-state index is 12.9. The van der Waals surface area contributed by atoms with Crippen molar-refractivity contribution in [2.75, 3.05) is 36.4 Å². The summed E-state index contributed by atoms with van der Waals surface area (Å²) in [5.41, 5.74) is 0. The van der Waals surface area contributed by atoms with Crippen molar-refractivity contribution in [2.45, 2.75) is 4.90 Å². The minimum atomic E-state index is -3.48. The summed E-state index contributed by atoms with van der Waals surface area (Å²) in [4.78, 5) is 15.2. The van der Waals surface area contributed by atoms with E-state index in [0.29, 0.717) is 42.7 Å². The van der Waals surface area contributed by atoms with Crippen LogP contribution in [-0.4, -0.2) is 53.9 Å². The van der Waals surface area contributed by atoms with Gasteiger partial charge < -0.3 is 10.2 Å². The van der Waals surface area contributed by atoms with Crippen molar-refractivity contribution >= 4 is 50.1 Å². The number of halogens is 1. The summed E-state index contributed by atoms with van der Waals surface area (Å²) in [7, 11) is -3.48. The van der Waals surface area contributed by atoms with Crippen molar-refractivity contribution in [2.24, 2.45) is 0 Å². The number of nitrogens with one attached hydrogen (secondary N) is 1. The Morgan fingerprint density at radius 1 is 0.897 bits per heavy atom. The highest BCUT2D eigenvalue weighted by Gasteiger charge is 2.29. The standard InChI is InChI=1S/C19H19IN6O2S/c20-15-4-6-16(7-5-15)29(27,28)26-11-9-25(10-12-26)19-13-18(22-14-23-19)24-17-3-1-2-8-21-17/h1-8,13-14H,9-12H2,(H,21,22,23,24). The van der Waals surface area contributed by atoms with E-state index in [1.807, 2.05) is 24.3 Å². The maximum atomic E-state index is 12.9. The minimum absolute atomic E-state index is 0.329. The fourth-order valence-corrected chi connectivity index (χ4v) is 4.85. The Bertz CT molecular complexity index is 1070. The molecule has 0 radical (unpaired) electrons. The van der Waals surface area contributed by atoms with E-state index in [1.165, 1.54) is 10.6 Å². The summed E-state index contributed by atoms with van der Waals surface area (Å²) in [6, 6.07) is 14.4. The first kappa shape index (κ1) is 20.0. The van der Waals surface area contributed by atoms with Crippen LogP contribution in [-0.2, 0) is 10.0 Å². The molecule has 0 saturated carbocycles. The summed E-state index contributed by atoms with van der Waals surface area (Å²) in [5, 5.41) is 3.15. The van der Waals surface area contributed by atoms with Crippen LogP contribution in [0.5, 0.6) is 0 Å². The van der Waals surface area contributed by atoms with Gasteiger partial charge in [0.1, 0.15) is 23.8 Å². The van der Waals surface area contributed by atoms with Crippen LogP contribution < -0.4 is 10.2 Å². The molecule has 2 aromatic heterocycles. The van der Waals surface area contributed by atoms with Gasteiger partial charge in [-0.05, 0) is 59.0 Å². The second kappa shape index (κ2) is 8.59. The predicted molar refractivity (Wildman–Crippen MR) is 120 cm³/mol. The predicted octanol–water partition coefficient (Wildman–Crippen LogP) is 2.73. The molecule has 0 atom stereocenters. The van der Waals surface area contributed by atoms with E-state index >= 15 is 0 Å². The lowest BCUT2D eigenvalue weighted by atomic mass is 10.3. The smallest absolute Gasteiger partial charge is 0.243 e. The van der Waals surface area contributed by atoms with Gasteiger partial charge in [-0.3, -0.25) is 0 Å². The number of piperazine rings is 1. The van der Waals surface area contributed by atoms with Gasteiger partial charge in [-0.1, -0.05) is 6.07 Å². The van der Waals surface area contributed by atoms with Gasteiger partial charge in [0.2, 0.25) is 10.0 Å². The van der Waals surface area contributed by atoms with E-state index in [2.05, 4.69) is 47.8 Å². The van der Waals surface area contributed by atoms with E-state index < -0.39 is 10.0 Å². The minimum Gasteiger partial charge on any atom is -0.354 e. The van der Waals surface area contributed by atoms with Gasteiger partial charge >= 0.3 is 0 Å². The lowest BCUT2D eigenvalue weighted by Crippen LogP contribution is -2.48. The number of hydrogen-bond acceptors (Lipinski definition) is 7. The summed E-state index contributed by atoms with van der Waals surface area (Å²) in [6.07, 6.45) is 3.20. The molecule has 1 saturated heterocycles. The van der Waals surface area contributed by atoms with Crippen molar-refractivity contribution in [3.63, 3.8) is 0 Å². The lowest BCUT2D eigenvalue weighted by Gasteiger charge is -2.34. The van der Waals surface area contributed by atoms with Gasteiger partial charge in [0.05, 0.1) is 4.90 Å². The van der Waals surface area contributed by atoms with E-state index in [0.717, 1.165) is 9.39 Å². The summed E-state index contributed by atoms with van der Waals surface area (Å²) >= 11 is 2.16. The zero-order valence-corrected chi connectivity index (χ0v) is 18.4. The maximum Gasteiger partial charge on any atom is 0.243 e. The molecule has 3 heterocycles. The molecule has 0 spiro atoms. The number of benzene rings is 1. The summed E-state index contributed by atoms with van der Waals surface area (Å²) < 4.78 is 28.3. The molecule has 8 nitrogen and oxygen atoms in total. The van der Waals surface area contributed by atoms with Crippen LogP contribution in [0.15, 0.2) is 66.0 Å². The molecule has 10 heteroatoms. The van der Waals surface area contributed by atoms with Crippen LogP contribution in [0.25, 0.3) is 0 Å². The molecular formula is C19H19IN6O2S. The molecule has 150 valence electrons. The van der Waals surface area contributed by atoms with Crippen molar-refractivity contribution < 1.29 is 8.42 Å². The number of rotatable bonds is 5. The van der Waals surface area contributed by atoms with E-state index in [1.54, 1.807) is 30.5 Å². The first-order valence-electron chi connectivity index (χ1n) is 9.03. The molecule has 0 bridgehead atoms. The molecule has 29 heavy (non-hydrogen) atoms. The number of nitrogens with zero attached hydrogens (tertiary/aromatic N) is 5. The molecule has 0 aliphatic carbocycles. The zero-order valence-electron chi connectivity index (χ0n) is 15.4. The van der Waals surface area contributed by atoms with E-state index in [4.69, 9.17) is 0 Å². The van der Waals surface area contributed by atoms with Crippen LogP contribution >= 0.6 is 22.6 Å². The van der Waals surface area contributed by atoms with Gasteiger partial charge in [-0.2, -0.15) is 4.31 Å². The monoisotopic (exact) mass is 522 g/mol. The SMILES string of the molecule is O=S(=O)(c1ccc(I)cc1)N1CCN(c2cc(Nc3ccccn3)ncn2)CC1. The number of hydrogen-bond donors (Lipinski definition) is 1. The second-order valence-electron chi connectivity index (χ2n) is 6.45. The quantitative estimate of drug-likeness (QED) is 0.516. The van der Waals surface area contributed by atoms with Gasteiger partial charge in [0.15, 0.2) is 0 Å². The lowest BCUT2D eigenvalue weighted by molar-refractivity contribution is 0.384. The second-order valence-corrected chi connectivity index (χ2v) is 9.63. The fraction of sp³-hybridized carbons (Fsp3) is 0.211. The van der Waals surface area contributed by atoms with Crippen LogP contribution in [0.3, 0.4) is 0 Å². The number of anilines is 3. The average molecular weight is 522 g/mol. The van der Waals surface area contributed by atoms with E-state index in [9.17, 15) is 8.42 Å². The molecular weight excluding hydrogens is 503 g/mol. The number of sulfonamides is 1. The Morgan fingerprint density at radius 2 is 1.66 bits per heavy atom. The summed E-state index contributed by atoms with van der Waals surface area (Å²) in [6.45, 7) is 1.93. The molecule has 0 amide bonds. The molecule has 1 aliphatic rings. The zero-order chi connectivity index (χ0) is 20.3. The highest BCUT2D eigenvalue weighted by atomic mass is 127. The highest BCUT2D eigenvalue weighted by Crippen LogP contribution is 2.22. The topological polar surface area (TPSA) is 91.3 Å². The third kappa shape index (κ3) is 4.65. The Balaban J connectivity index is 1.43. The third-order valence-electron chi connectivity index (χ3n) is 4.59. The molecule has 4 rings (SSSR count). The van der Waals surface area contributed by atoms with Crippen molar-refractivity contribution in [1.82, 2.24) is 19.3 Å². The third-order valence-corrected chi connectivity index (χ3v) is 7.22. The first-order valence-corrected chi connectivity index (χ1v) is 11.5. The largest absolute Gasteiger partial charge is 0.354 e.